The van der Waals surface area contributed by atoms with Crippen LogP contribution in [0.1, 0.15) is 52.4 Å². The Morgan fingerprint density at radius 3 is 2.54 bits per heavy atom. The molecule has 6 nitrogen and oxygen atoms in total. The van der Waals surface area contributed by atoms with Crippen molar-refractivity contribution in [2.75, 3.05) is 40.1 Å². The molecule has 0 aliphatic heterocycles. The zero-order valence-corrected chi connectivity index (χ0v) is 16.6. The van der Waals surface area contributed by atoms with Gasteiger partial charge in [-0.15, -0.1) is 0 Å². The van der Waals surface area contributed by atoms with Gasteiger partial charge in [0.05, 0.1) is 6.61 Å². The number of hydrogen-bond donors (Lipinski definition) is 1. The van der Waals surface area contributed by atoms with Gasteiger partial charge in [-0.05, 0) is 44.6 Å². The normalized spacial score (nSPS) is 11.5. The lowest BCUT2D eigenvalue weighted by atomic mass is 10.0. The highest BCUT2D eigenvalue weighted by Crippen LogP contribution is 2.15. The van der Waals surface area contributed by atoms with E-state index in [1.165, 1.54) is 0 Å². The van der Waals surface area contributed by atoms with Crippen molar-refractivity contribution < 1.29 is 19.0 Å². The molecular formula is C20H34N2O4. The molecule has 0 amide bonds. The van der Waals surface area contributed by atoms with Crippen LogP contribution in [-0.4, -0.2) is 46.1 Å². The highest BCUT2D eigenvalue weighted by molar-refractivity contribution is 5.93. The van der Waals surface area contributed by atoms with Crippen molar-refractivity contribution in [3.8, 4) is 6.07 Å². The van der Waals surface area contributed by atoms with Crippen molar-refractivity contribution in [2.24, 2.45) is 0 Å². The number of nitrogens with one attached hydrogen (secondary N) is 1. The van der Waals surface area contributed by atoms with Gasteiger partial charge >= 0.3 is 5.97 Å². The first-order valence-corrected chi connectivity index (χ1v) is 9.32. The summed E-state index contributed by atoms with van der Waals surface area (Å²) in [6.07, 6.45) is 5.26. The van der Waals surface area contributed by atoms with E-state index in [0.29, 0.717) is 19.6 Å². The van der Waals surface area contributed by atoms with Crippen molar-refractivity contribution in [2.45, 2.75) is 52.4 Å². The minimum Gasteiger partial charge on any atom is -0.459 e. The number of esters is 1. The fraction of sp³-hybridized carbons (Fsp3) is 0.700. The predicted molar refractivity (Wildman–Crippen MR) is 102 cm³/mol. The maximum absolute atomic E-state index is 12.0. The minimum atomic E-state index is -0.569. The fourth-order valence-corrected chi connectivity index (χ4v) is 2.19. The van der Waals surface area contributed by atoms with Gasteiger partial charge in [-0.25, -0.2) is 4.79 Å². The molecule has 0 rings (SSSR count). The van der Waals surface area contributed by atoms with E-state index >= 15 is 0 Å². The Labute approximate surface area is 158 Å². The Morgan fingerprint density at radius 2 is 1.88 bits per heavy atom. The quantitative estimate of drug-likeness (QED) is 0.195. The first kappa shape index (κ1) is 24.2. The van der Waals surface area contributed by atoms with Gasteiger partial charge < -0.3 is 19.5 Å². The number of nitriles is 1. The summed E-state index contributed by atoms with van der Waals surface area (Å²) in [5, 5.41) is 12.5. The number of rotatable bonds is 16. The smallest absolute Gasteiger partial charge is 0.348 e. The molecule has 0 aliphatic carbocycles. The molecule has 1 N–H and O–H groups in total. The third-order valence-corrected chi connectivity index (χ3v) is 3.78. The molecule has 148 valence electrons. The standard InChI is InChI=1S/C20H34N2O4/c1-5-6-13-25-14-15-26-20(23)19(16-21)17(2)9-7-10-18(3)22-11-8-12-24-4/h22H,3,5-15H2,1-2,4H3/b19-17+. The largest absolute Gasteiger partial charge is 0.459 e. The van der Waals surface area contributed by atoms with Gasteiger partial charge in [0.25, 0.3) is 0 Å². The van der Waals surface area contributed by atoms with Crippen LogP contribution in [0.15, 0.2) is 23.4 Å². The molecule has 0 fully saturated rings. The molecule has 0 saturated heterocycles. The predicted octanol–water partition coefficient (Wildman–Crippen LogP) is 3.50. The number of carbonyl (C=O) groups excluding carboxylic acids is 1. The summed E-state index contributed by atoms with van der Waals surface area (Å²) in [6.45, 7) is 10.6. The maximum Gasteiger partial charge on any atom is 0.348 e. The molecule has 0 unspecified atom stereocenters. The highest BCUT2D eigenvalue weighted by Gasteiger charge is 2.14. The lowest BCUT2D eigenvalue weighted by Crippen LogP contribution is -2.15. The Balaban J connectivity index is 4.11. The lowest BCUT2D eigenvalue weighted by molar-refractivity contribution is -0.140. The molecule has 0 aliphatic rings. The zero-order valence-electron chi connectivity index (χ0n) is 16.6. The Hall–Kier alpha value is -1.84. The van der Waals surface area contributed by atoms with Gasteiger partial charge in [0.1, 0.15) is 18.2 Å². The SMILES string of the molecule is C=C(CCC/C(C)=C(\C#N)C(=O)OCCOCCCC)NCCCOC. The van der Waals surface area contributed by atoms with Crippen molar-refractivity contribution in [1.82, 2.24) is 5.32 Å². The summed E-state index contributed by atoms with van der Waals surface area (Å²) >= 11 is 0. The lowest BCUT2D eigenvalue weighted by Gasteiger charge is -2.10. The second-order valence-corrected chi connectivity index (χ2v) is 6.10. The molecule has 0 radical (unpaired) electrons. The van der Waals surface area contributed by atoms with Crippen LogP contribution in [0.4, 0.5) is 0 Å². The second kappa shape index (κ2) is 16.6. The average Bonchev–Trinajstić information content (AvgIpc) is 2.62. The molecule has 0 aromatic rings. The van der Waals surface area contributed by atoms with E-state index in [1.54, 1.807) is 14.0 Å². The summed E-state index contributed by atoms with van der Waals surface area (Å²) in [6, 6.07) is 1.96. The molecule has 0 aromatic carbocycles. The van der Waals surface area contributed by atoms with Gasteiger partial charge in [0.15, 0.2) is 0 Å². The van der Waals surface area contributed by atoms with Crippen molar-refractivity contribution in [3.05, 3.63) is 23.4 Å². The van der Waals surface area contributed by atoms with Crippen LogP contribution < -0.4 is 5.32 Å². The van der Waals surface area contributed by atoms with Gasteiger partial charge in [0.2, 0.25) is 0 Å². The van der Waals surface area contributed by atoms with Crippen molar-refractivity contribution >= 4 is 5.97 Å². The Bertz CT molecular complexity index is 481. The number of allylic oxidation sites excluding steroid dienone is 2. The number of unbranched alkanes of at least 4 members (excludes halogenated alkanes) is 1. The van der Waals surface area contributed by atoms with E-state index < -0.39 is 5.97 Å². The summed E-state index contributed by atoms with van der Waals surface area (Å²) in [7, 11) is 1.68. The molecule has 0 heterocycles. The van der Waals surface area contributed by atoms with Gasteiger partial charge in [-0.1, -0.05) is 19.9 Å². The van der Waals surface area contributed by atoms with E-state index in [2.05, 4.69) is 18.8 Å². The Kier molecular flexibility index (Phi) is 15.4. The number of ether oxygens (including phenoxy) is 3. The van der Waals surface area contributed by atoms with Crippen LogP contribution in [0.2, 0.25) is 0 Å². The van der Waals surface area contributed by atoms with Crippen LogP contribution in [0.5, 0.6) is 0 Å². The van der Waals surface area contributed by atoms with E-state index in [0.717, 1.165) is 56.5 Å². The van der Waals surface area contributed by atoms with E-state index in [1.807, 2.05) is 6.07 Å². The highest BCUT2D eigenvalue weighted by atomic mass is 16.6. The molecule has 0 saturated carbocycles. The summed E-state index contributed by atoms with van der Waals surface area (Å²) in [4.78, 5) is 12.0. The van der Waals surface area contributed by atoms with E-state index in [4.69, 9.17) is 14.2 Å². The zero-order chi connectivity index (χ0) is 19.6. The van der Waals surface area contributed by atoms with Crippen molar-refractivity contribution in [1.29, 1.82) is 5.26 Å². The van der Waals surface area contributed by atoms with Crippen LogP contribution >= 0.6 is 0 Å². The van der Waals surface area contributed by atoms with Gasteiger partial charge in [-0.3, -0.25) is 0 Å². The van der Waals surface area contributed by atoms with E-state index in [9.17, 15) is 10.1 Å². The van der Waals surface area contributed by atoms with Crippen LogP contribution in [0.25, 0.3) is 0 Å². The molecule has 6 heteroatoms. The third-order valence-electron chi connectivity index (χ3n) is 3.78. The summed E-state index contributed by atoms with van der Waals surface area (Å²) in [5.41, 5.74) is 1.80. The molecule has 26 heavy (non-hydrogen) atoms. The van der Waals surface area contributed by atoms with Crippen LogP contribution in [0, 0.1) is 11.3 Å². The minimum absolute atomic E-state index is 0.0947. The molecule has 0 spiro atoms. The number of nitrogens with zero attached hydrogens (tertiary/aromatic N) is 1. The third kappa shape index (κ3) is 12.5. The number of carbonyl (C=O) groups is 1. The fourth-order valence-electron chi connectivity index (χ4n) is 2.19. The van der Waals surface area contributed by atoms with Crippen LogP contribution in [0.3, 0.4) is 0 Å². The summed E-state index contributed by atoms with van der Waals surface area (Å²) in [5.74, 6) is -0.569. The maximum atomic E-state index is 12.0. The average molecular weight is 367 g/mol. The number of hydrogen-bond acceptors (Lipinski definition) is 6. The number of methoxy groups -OCH3 is 1. The molecule has 0 aromatic heterocycles. The van der Waals surface area contributed by atoms with Gasteiger partial charge in [0, 0.05) is 32.6 Å². The van der Waals surface area contributed by atoms with Crippen LogP contribution in [-0.2, 0) is 19.0 Å². The first-order chi connectivity index (χ1) is 12.6. The summed E-state index contributed by atoms with van der Waals surface area (Å²) < 4.78 is 15.4. The van der Waals surface area contributed by atoms with E-state index in [-0.39, 0.29) is 12.2 Å². The topological polar surface area (TPSA) is 80.6 Å². The van der Waals surface area contributed by atoms with Crippen molar-refractivity contribution in [3.63, 3.8) is 0 Å². The van der Waals surface area contributed by atoms with Gasteiger partial charge in [-0.2, -0.15) is 5.26 Å². The molecular weight excluding hydrogens is 332 g/mol. The Morgan fingerprint density at radius 1 is 1.12 bits per heavy atom. The first-order valence-electron chi connectivity index (χ1n) is 9.32. The second-order valence-electron chi connectivity index (χ2n) is 6.10. The monoisotopic (exact) mass is 366 g/mol. The molecule has 0 atom stereocenters. The molecule has 0 bridgehead atoms.